The van der Waals surface area contributed by atoms with Crippen molar-refractivity contribution in [1.29, 1.82) is 0 Å². The first-order valence-electron chi connectivity index (χ1n) is 19.1. The van der Waals surface area contributed by atoms with Crippen LogP contribution >= 0.6 is 0 Å². The van der Waals surface area contributed by atoms with Crippen LogP contribution in [0.5, 0.6) is 0 Å². The minimum atomic E-state index is -1.26. The molecule has 0 radical (unpaired) electrons. The monoisotopic (exact) mass is 851 g/mol. The summed E-state index contributed by atoms with van der Waals surface area (Å²) in [6, 6.07) is -0.160. The average molecular weight is 852 g/mol. The molecular weight excluding hydrogens is 786 g/mol. The maximum atomic E-state index is 11.1. The summed E-state index contributed by atoms with van der Waals surface area (Å²) < 4.78 is 6.19. The van der Waals surface area contributed by atoms with Crippen LogP contribution in [0, 0.1) is 46.3 Å². The van der Waals surface area contributed by atoms with Crippen LogP contribution in [0.15, 0.2) is 11.6 Å². The fourth-order valence-corrected chi connectivity index (χ4v) is 10.9. The van der Waals surface area contributed by atoms with Crippen LogP contribution < -0.4 is 5.11 Å². The summed E-state index contributed by atoms with van der Waals surface area (Å²) in [5, 5.41) is 20.0. The Morgan fingerprint density at radius 1 is 0.979 bits per heavy atom. The molecule has 0 saturated heterocycles. The molecule has 278 valence electrons. The summed E-state index contributed by atoms with van der Waals surface area (Å²) in [6.07, 6.45) is 21.0. The van der Waals surface area contributed by atoms with Gasteiger partial charge < -0.3 is 31.2 Å². The van der Waals surface area contributed by atoms with E-state index in [2.05, 4.69) is 40.7 Å². The quantitative estimate of drug-likeness (QED) is 0.187. The maximum Gasteiger partial charge on any atom is 2.00 e. The second kappa shape index (κ2) is 18.6. The van der Waals surface area contributed by atoms with E-state index >= 15 is 0 Å². The third kappa shape index (κ3) is 10.4. The van der Waals surface area contributed by atoms with E-state index in [4.69, 9.17) is 21.3 Å². The van der Waals surface area contributed by atoms with Crippen LogP contribution in [0.1, 0.15) is 131 Å². The van der Waals surface area contributed by atoms with Gasteiger partial charge in [0.05, 0.1) is 25.2 Å². The number of carbonyl (C=O) groups excluding carboxylic acids is 1. The van der Waals surface area contributed by atoms with Crippen LogP contribution in [0.2, 0.25) is 0 Å². The number of nitrogens with one attached hydrogen (secondary N) is 2. The normalized spacial score (nSPS) is 36.4. The molecule has 3 N–H and O–H groups in total. The summed E-state index contributed by atoms with van der Waals surface area (Å²) in [4.78, 5) is 23.4. The predicted molar refractivity (Wildman–Crippen MR) is 187 cm³/mol. The Kier molecular flexibility index (Phi) is 16.2. The van der Waals surface area contributed by atoms with Crippen molar-refractivity contribution >= 4 is 11.9 Å². The van der Waals surface area contributed by atoms with Crippen molar-refractivity contribution in [3.8, 4) is 0 Å². The molecule has 5 aliphatic carbocycles. The number of carboxylic acid groups (broad SMARTS) is 2. The molecule has 0 aromatic rings. The molecule has 48 heavy (non-hydrogen) atoms. The van der Waals surface area contributed by atoms with Gasteiger partial charge in [0.1, 0.15) is 0 Å². The topological polar surface area (TPSA) is 138 Å². The van der Waals surface area contributed by atoms with Gasteiger partial charge in [0, 0.05) is 13.1 Å². The van der Waals surface area contributed by atoms with Gasteiger partial charge in [-0.15, -0.1) is 0 Å². The van der Waals surface area contributed by atoms with Crippen molar-refractivity contribution in [2.75, 3.05) is 26.2 Å². The van der Waals surface area contributed by atoms with E-state index in [1.807, 2.05) is 0 Å². The van der Waals surface area contributed by atoms with E-state index in [1.165, 1.54) is 69.1 Å². The van der Waals surface area contributed by atoms with Crippen molar-refractivity contribution in [2.24, 2.45) is 46.3 Å². The fraction of sp³-hybridized carbons (Fsp3) is 0.897. The van der Waals surface area contributed by atoms with Gasteiger partial charge in [0.15, 0.2) is 0 Å². The molecule has 0 bridgehead atoms. The number of nitrogens with zero attached hydrogens (tertiary/aromatic N) is 1. The smallest absolute Gasteiger partial charge is 0.676 e. The summed E-state index contributed by atoms with van der Waals surface area (Å²) >= 11 is 0. The van der Waals surface area contributed by atoms with Gasteiger partial charge in [-0.1, -0.05) is 91.2 Å². The Balaban J connectivity index is 0.000000608. The number of aliphatic carboxylic acids is 2. The zero-order chi connectivity index (χ0) is 34.4. The first-order chi connectivity index (χ1) is 22.2. The van der Waals surface area contributed by atoms with E-state index in [1.54, 1.807) is 5.57 Å². The number of carbonyl (C=O) groups is 2. The Morgan fingerprint density at radius 3 is 2.27 bits per heavy atom. The molecule has 0 spiro atoms. The maximum absolute atomic E-state index is 11.1. The Morgan fingerprint density at radius 2 is 1.67 bits per heavy atom. The van der Waals surface area contributed by atoms with Gasteiger partial charge in [-0.25, -0.2) is 0 Å². The first-order valence-corrected chi connectivity index (χ1v) is 19.1. The van der Waals surface area contributed by atoms with Crippen molar-refractivity contribution in [2.45, 2.75) is 149 Å². The fourth-order valence-electron chi connectivity index (χ4n) is 10.9. The van der Waals surface area contributed by atoms with Crippen LogP contribution in [-0.4, -0.2) is 66.4 Å². The third-order valence-corrected chi connectivity index (χ3v) is 13.5. The molecule has 9 heteroatoms. The van der Waals surface area contributed by atoms with Gasteiger partial charge >= 0.3 is 27.0 Å². The number of hydrogen-bond acceptors (Lipinski definition) is 5. The van der Waals surface area contributed by atoms with Gasteiger partial charge in [-0.2, -0.15) is 12.1 Å². The zero-order valence-corrected chi connectivity index (χ0v) is 32.8. The first kappa shape index (κ1) is 41.6. The molecule has 10 atom stereocenters. The summed E-state index contributed by atoms with van der Waals surface area (Å²) in [5.41, 5.74) is 16.9. The van der Waals surface area contributed by atoms with Gasteiger partial charge in [-0.05, 0) is 97.7 Å². The molecule has 0 aliphatic heterocycles. The number of allylic oxidation sites excluding steroid dienone is 1. The van der Waals surface area contributed by atoms with Crippen molar-refractivity contribution in [3.05, 3.63) is 23.1 Å². The number of carboxylic acids is 2. The summed E-state index contributed by atoms with van der Waals surface area (Å²) in [7, 11) is 0. The summed E-state index contributed by atoms with van der Waals surface area (Å²) in [5.74, 6) is 2.69. The summed E-state index contributed by atoms with van der Waals surface area (Å²) in [6.45, 7) is 12.4. The van der Waals surface area contributed by atoms with E-state index in [-0.39, 0.29) is 64.3 Å². The van der Waals surface area contributed by atoms with Gasteiger partial charge in [0.2, 0.25) is 0 Å². The minimum Gasteiger partial charge on any atom is -0.676 e. The van der Waals surface area contributed by atoms with Gasteiger partial charge in [0.25, 0.3) is 0 Å². The SMILES string of the molecule is CC(C)CCC[C@@H](C)[C@H]1CCC2C3CC=C4C[C@@H](OCCN(CC(=O)[O-])CC(=O)O)CC[C@]4(C)C3CC[C@@]21C.[NH-][C@@H]1CCCC[C@H]1[NH-].[Pt+2]. The number of hydrogen-bond donors (Lipinski definition) is 1. The number of fused-ring (bicyclic) bond motifs is 5. The molecule has 0 heterocycles. The molecule has 4 saturated carbocycles. The second-order valence-electron chi connectivity index (χ2n) is 17.0. The minimum absolute atomic E-state index is 0. The Hall–Kier alpha value is -0.792. The standard InChI is InChI=1S/C33H55NO5.C6H12N2.Pt/c1-22(2)7-6-8-23(3)27-11-12-28-26-10-9-24-19-25(39-18-17-34(20-30(35)36)21-31(37)38)13-15-32(24,4)29(26)14-16-33(27,28)5;7-5-3-1-2-4-6(5)8;/h9,22-23,25-29H,6-8,10-21H2,1-5H3,(H,35,36)(H,37,38);5-8H,1-4H2;/q;-2;+2/p-1/t23-,25+,26?,27-,28?,29?,32+,33-;5-,6-;/m11./s1. The van der Waals surface area contributed by atoms with Crippen molar-refractivity contribution < 1.29 is 45.6 Å². The Bertz CT molecular complexity index is 1050. The van der Waals surface area contributed by atoms with Gasteiger partial charge in [-0.3, -0.25) is 9.69 Å². The number of ether oxygens (including phenoxy) is 1. The van der Waals surface area contributed by atoms with Crippen molar-refractivity contribution in [1.82, 2.24) is 4.90 Å². The van der Waals surface area contributed by atoms with Crippen LogP contribution in [0.3, 0.4) is 0 Å². The molecule has 0 aromatic heterocycles. The molecule has 4 fully saturated rings. The average Bonchev–Trinajstić information content (AvgIpc) is 3.35. The zero-order valence-electron chi connectivity index (χ0n) is 30.6. The molecule has 0 amide bonds. The van der Waals surface area contributed by atoms with Crippen LogP contribution in [-0.2, 0) is 35.4 Å². The molecule has 8 nitrogen and oxygen atoms in total. The molecule has 5 rings (SSSR count). The molecular formula is C39H66N3O5Pt-. The third-order valence-electron chi connectivity index (χ3n) is 13.5. The molecule has 3 unspecified atom stereocenters. The Labute approximate surface area is 306 Å². The van der Waals surface area contributed by atoms with E-state index < -0.39 is 11.9 Å². The second-order valence-corrected chi connectivity index (χ2v) is 17.0. The number of rotatable bonds is 13. The molecule has 0 aromatic carbocycles. The van der Waals surface area contributed by atoms with Crippen LogP contribution in [0.25, 0.3) is 11.5 Å². The van der Waals surface area contributed by atoms with E-state index in [0.29, 0.717) is 12.0 Å². The van der Waals surface area contributed by atoms with E-state index in [0.717, 1.165) is 67.6 Å². The van der Waals surface area contributed by atoms with E-state index in [9.17, 15) is 14.7 Å². The molecule has 5 aliphatic rings. The predicted octanol–water partition coefficient (Wildman–Crippen LogP) is 7.95. The van der Waals surface area contributed by atoms with Crippen molar-refractivity contribution in [3.63, 3.8) is 0 Å². The van der Waals surface area contributed by atoms with Crippen LogP contribution in [0.4, 0.5) is 0 Å². The largest absolute Gasteiger partial charge is 2.00 e.